The molecule has 0 aliphatic carbocycles. The van der Waals surface area contributed by atoms with Crippen molar-refractivity contribution < 1.29 is 9.53 Å². The number of hydrogen-bond donors (Lipinski definition) is 1. The summed E-state index contributed by atoms with van der Waals surface area (Å²) in [5.41, 5.74) is 0.111. The Balaban J connectivity index is 2.09. The normalized spacial score (nSPS) is 36.2. The van der Waals surface area contributed by atoms with Crippen LogP contribution < -0.4 is 5.32 Å². The molecular formula is C12H21NO2. The van der Waals surface area contributed by atoms with E-state index < -0.39 is 0 Å². The number of carbonyl (C=O) groups excluding carboxylic acids is 1. The van der Waals surface area contributed by atoms with Gasteiger partial charge in [-0.2, -0.15) is 0 Å². The van der Waals surface area contributed by atoms with Gasteiger partial charge in [0.05, 0.1) is 6.61 Å². The van der Waals surface area contributed by atoms with Gasteiger partial charge in [-0.05, 0) is 25.2 Å². The predicted molar refractivity (Wildman–Crippen MR) is 58.5 cm³/mol. The summed E-state index contributed by atoms with van der Waals surface area (Å²) < 4.78 is 5.58. The van der Waals surface area contributed by atoms with Crippen molar-refractivity contribution in [3.8, 4) is 0 Å². The maximum atomic E-state index is 11.5. The molecule has 0 aromatic heterocycles. The van der Waals surface area contributed by atoms with Crippen molar-refractivity contribution in [3.63, 3.8) is 0 Å². The van der Waals surface area contributed by atoms with Gasteiger partial charge in [-0.15, -0.1) is 0 Å². The van der Waals surface area contributed by atoms with Crippen LogP contribution in [-0.4, -0.2) is 25.2 Å². The van der Waals surface area contributed by atoms with Crippen LogP contribution in [0, 0.1) is 11.3 Å². The molecular weight excluding hydrogens is 190 g/mol. The van der Waals surface area contributed by atoms with Crippen molar-refractivity contribution in [2.24, 2.45) is 11.3 Å². The number of carbonyl (C=O) groups is 1. The lowest BCUT2D eigenvalue weighted by Crippen LogP contribution is -2.43. The molecule has 2 aliphatic heterocycles. The molecule has 2 unspecified atom stereocenters. The van der Waals surface area contributed by atoms with E-state index in [-0.39, 0.29) is 11.3 Å². The number of nitrogens with one attached hydrogen (secondary N) is 1. The summed E-state index contributed by atoms with van der Waals surface area (Å²) in [5.74, 6) is 0.846. The highest BCUT2D eigenvalue weighted by Crippen LogP contribution is 2.41. The van der Waals surface area contributed by atoms with E-state index in [0.717, 1.165) is 32.5 Å². The number of amides is 1. The van der Waals surface area contributed by atoms with Gasteiger partial charge in [0.25, 0.3) is 0 Å². The Labute approximate surface area is 91.6 Å². The Hall–Kier alpha value is -0.570. The second kappa shape index (κ2) is 4.12. The van der Waals surface area contributed by atoms with Gasteiger partial charge in [0.15, 0.2) is 0 Å². The lowest BCUT2D eigenvalue weighted by molar-refractivity contribution is -0.120. The van der Waals surface area contributed by atoms with E-state index in [0.29, 0.717) is 18.4 Å². The SMILES string of the molecule is CC(C)CC1NC(=O)CC12CCCOC2. The fraction of sp³-hybridized carbons (Fsp3) is 0.917. The first-order chi connectivity index (χ1) is 7.12. The van der Waals surface area contributed by atoms with Crippen LogP contribution in [0.1, 0.15) is 39.5 Å². The van der Waals surface area contributed by atoms with E-state index >= 15 is 0 Å². The Bertz CT molecular complexity index is 244. The molecule has 2 aliphatic rings. The van der Waals surface area contributed by atoms with E-state index in [1.54, 1.807) is 0 Å². The monoisotopic (exact) mass is 211 g/mol. The molecule has 0 saturated carbocycles. The molecule has 2 heterocycles. The molecule has 0 bridgehead atoms. The maximum Gasteiger partial charge on any atom is 0.220 e. The molecule has 2 fully saturated rings. The third kappa shape index (κ3) is 2.17. The van der Waals surface area contributed by atoms with Crippen LogP contribution >= 0.6 is 0 Å². The molecule has 1 spiro atoms. The molecule has 2 rings (SSSR count). The van der Waals surface area contributed by atoms with E-state index in [1.807, 2.05) is 0 Å². The Morgan fingerprint density at radius 2 is 2.40 bits per heavy atom. The van der Waals surface area contributed by atoms with Crippen molar-refractivity contribution in [1.82, 2.24) is 5.32 Å². The first-order valence-electron chi connectivity index (χ1n) is 5.99. The second-order valence-corrected chi connectivity index (χ2v) is 5.44. The second-order valence-electron chi connectivity index (χ2n) is 5.44. The van der Waals surface area contributed by atoms with Crippen molar-refractivity contribution in [3.05, 3.63) is 0 Å². The molecule has 0 aromatic rings. The molecule has 3 heteroatoms. The molecule has 1 N–H and O–H groups in total. The third-order valence-corrected chi connectivity index (χ3v) is 3.65. The van der Waals surface area contributed by atoms with Gasteiger partial charge in [0.1, 0.15) is 0 Å². The van der Waals surface area contributed by atoms with E-state index in [9.17, 15) is 4.79 Å². The lowest BCUT2D eigenvalue weighted by atomic mass is 9.73. The van der Waals surface area contributed by atoms with Crippen LogP contribution in [0.4, 0.5) is 0 Å². The average molecular weight is 211 g/mol. The zero-order valence-electron chi connectivity index (χ0n) is 9.71. The van der Waals surface area contributed by atoms with Gasteiger partial charge in [-0.1, -0.05) is 13.8 Å². The summed E-state index contributed by atoms with van der Waals surface area (Å²) in [4.78, 5) is 11.5. The molecule has 2 saturated heterocycles. The first-order valence-corrected chi connectivity index (χ1v) is 5.99. The van der Waals surface area contributed by atoms with Gasteiger partial charge in [0.2, 0.25) is 5.91 Å². The summed E-state index contributed by atoms with van der Waals surface area (Å²) in [6, 6.07) is 0.338. The molecule has 1 amide bonds. The number of ether oxygens (including phenoxy) is 1. The van der Waals surface area contributed by atoms with Crippen molar-refractivity contribution in [1.29, 1.82) is 0 Å². The molecule has 15 heavy (non-hydrogen) atoms. The smallest absolute Gasteiger partial charge is 0.220 e. The predicted octanol–water partition coefficient (Wildman–Crippen LogP) is 1.72. The summed E-state index contributed by atoms with van der Waals surface area (Å²) in [6.07, 6.45) is 3.99. The van der Waals surface area contributed by atoms with Crippen LogP contribution in [0.5, 0.6) is 0 Å². The van der Waals surface area contributed by atoms with Crippen LogP contribution in [0.15, 0.2) is 0 Å². The Kier molecular flexibility index (Phi) is 3.01. The van der Waals surface area contributed by atoms with Gasteiger partial charge < -0.3 is 10.1 Å². The fourth-order valence-corrected chi connectivity index (χ4v) is 2.91. The lowest BCUT2D eigenvalue weighted by Gasteiger charge is -2.38. The molecule has 0 radical (unpaired) electrons. The van der Waals surface area contributed by atoms with Crippen LogP contribution in [0.3, 0.4) is 0 Å². The van der Waals surface area contributed by atoms with Crippen LogP contribution in [-0.2, 0) is 9.53 Å². The quantitative estimate of drug-likeness (QED) is 0.755. The van der Waals surface area contributed by atoms with Crippen molar-refractivity contribution in [2.75, 3.05) is 13.2 Å². The van der Waals surface area contributed by atoms with E-state index in [2.05, 4.69) is 19.2 Å². The zero-order valence-corrected chi connectivity index (χ0v) is 9.71. The van der Waals surface area contributed by atoms with Crippen molar-refractivity contribution in [2.45, 2.75) is 45.6 Å². The highest BCUT2D eigenvalue weighted by molar-refractivity contribution is 5.80. The first kappa shape index (κ1) is 10.9. The average Bonchev–Trinajstić information content (AvgIpc) is 2.43. The summed E-state index contributed by atoms with van der Waals surface area (Å²) in [6.45, 7) is 6.05. The molecule has 3 nitrogen and oxygen atoms in total. The van der Waals surface area contributed by atoms with E-state index in [4.69, 9.17) is 4.74 Å². The minimum atomic E-state index is 0.111. The van der Waals surface area contributed by atoms with Gasteiger partial charge in [-0.25, -0.2) is 0 Å². The standard InChI is InChI=1S/C12H21NO2/c1-9(2)6-10-12(7-11(14)13-10)4-3-5-15-8-12/h9-10H,3-8H2,1-2H3,(H,13,14). The summed E-state index contributed by atoms with van der Waals surface area (Å²) in [7, 11) is 0. The minimum absolute atomic E-state index is 0.111. The van der Waals surface area contributed by atoms with E-state index in [1.165, 1.54) is 0 Å². The molecule has 86 valence electrons. The van der Waals surface area contributed by atoms with Crippen LogP contribution in [0.2, 0.25) is 0 Å². The largest absolute Gasteiger partial charge is 0.381 e. The summed E-state index contributed by atoms with van der Waals surface area (Å²) in [5, 5.41) is 3.13. The van der Waals surface area contributed by atoms with Crippen molar-refractivity contribution >= 4 is 5.91 Å². The van der Waals surface area contributed by atoms with Gasteiger partial charge in [-0.3, -0.25) is 4.79 Å². The van der Waals surface area contributed by atoms with Gasteiger partial charge >= 0.3 is 0 Å². The topological polar surface area (TPSA) is 38.3 Å². The Morgan fingerprint density at radius 1 is 1.60 bits per heavy atom. The minimum Gasteiger partial charge on any atom is -0.381 e. The Morgan fingerprint density at radius 3 is 3.00 bits per heavy atom. The summed E-state index contributed by atoms with van der Waals surface area (Å²) >= 11 is 0. The highest BCUT2D eigenvalue weighted by Gasteiger charge is 2.47. The van der Waals surface area contributed by atoms with Crippen LogP contribution in [0.25, 0.3) is 0 Å². The number of hydrogen-bond acceptors (Lipinski definition) is 2. The van der Waals surface area contributed by atoms with Gasteiger partial charge in [0, 0.05) is 24.5 Å². The zero-order chi connectivity index (χ0) is 10.9. The fourth-order valence-electron chi connectivity index (χ4n) is 2.91. The highest BCUT2D eigenvalue weighted by atomic mass is 16.5. The third-order valence-electron chi connectivity index (χ3n) is 3.65. The molecule has 0 aromatic carbocycles. The number of rotatable bonds is 2. The maximum absolute atomic E-state index is 11.5. The molecule has 2 atom stereocenters.